The van der Waals surface area contributed by atoms with Crippen molar-refractivity contribution < 1.29 is 4.79 Å². The summed E-state index contributed by atoms with van der Waals surface area (Å²) in [6.45, 7) is 8.71. The Morgan fingerprint density at radius 2 is 1.80 bits per heavy atom. The van der Waals surface area contributed by atoms with Gasteiger partial charge < -0.3 is 0 Å². The van der Waals surface area contributed by atoms with Crippen molar-refractivity contribution >= 4 is 12.0 Å². The minimum Gasteiger partial charge on any atom is -0.293 e. The summed E-state index contributed by atoms with van der Waals surface area (Å²) in [7, 11) is 0. The molecule has 1 aliphatic heterocycles. The van der Waals surface area contributed by atoms with Gasteiger partial charge >= 0.3 is 0 Å². The molecule has 2 heteroatoms. The second-order valence-corrected chi connectivity index (χ2v) is 1.25. The van der Waals surface area contributed by atoms with Crippen molar-refractivity contribution in [1.29, 1.82) is 0 Å². The van der Waals surface area contributed by atoms with E-state index in [1.54, 1.807) is 0 Å². The number of nitrogens with zero attached hydrogens (tertiary/aromatic N) is 1. The zero-order valence-electron chi connectivity index (χ0n) is 7.35. The Morgan fingerprint density at radius 1 is 1.30 bits per heavy atom. The molecule has 60 valence electrons. The number of hydrogen-bond acceptors (Lipinski definition) is 2. The highest BCUT2D eigenvalue weighted by molar-refractivity contribution is 6.28. The number of carbonyl (C=O) groups excluding carboxylic acids is 1. The molecule has 0 aromatic heterocycles. The Balaban J connectivity index is 0. The van der Waals surface area contributed by atoms with Crippen molar-refractivity contribution in [3.05, 3.63) is 0 Å². The van der Waals surface area contributed by atoms with E-state index in [-0.39, 0.29) is 5.78 Å². The minimum absolute atomic E-state index is 0.162. The Labute approximate surface area is 63.4 Å². The van der Waals surface area contributed by atoms with E-state index in [2.05, 4.69) is 4.99 Å². The molecule has 0 saturated heterocycles. The molecule has 0 unspecified atom stereocenters. The van der Waals surface area contributed by atoms with Gasteiger partial charge in [0.15, 0.2) is 5.78 Å². The van der Waals surface area contributed by atoms with Gasteiger partial charge in [0.25, 0.3) is 0 Å². The fourth-order valence-electron chi connectivity index (χ4n) is 0.406. The lowest BCUT2D eigenvalue weighted by Crippen LogP contribution is -1.89. The number of carbonyl (C=O) groups is 1. The zero-order valence-corrected chi connectivity index (χ0v) is 7.35. The summed E-state index contributed by atoms with van der Waals surface area (Å²) in [6, 6.07) is 0. The Morgan fingerprint density at radius 3 is 1.90 bits per heavy atom. The first-order valence-corrected chi connectivity index (χ1v) is 3.92. The molecule has 0 radical (unpaired) electrons. The molecule has 2 nitrogen and oxygen atoms in total. The molecular weight excluding hydrogens is 126 g/mol. The number of rotatable bonds is 0. The van der Waals surface area contributed by atoms with Crippen LogP contribution in [-0.2, 0) is 4.79 Å². The highest BCUT2D eigenvalue weighted by Gasteiger charge is 2.00. The molecule has 0 amide bonds. The zero-order chi connectivity index (χ0) is 8.41. The van der Waals surface area contributed by atoms with Gasteiger partial charge in [-0.3, -0.25) is 9.79 Å². The van der Waals surface area contributed by atoms with Crippen LogP contribution in [0.15, 0.2) is 4.99 Å². The Hall–Kier alpha value is -0.660. The molecule has 0 atom stereocenters. The van der Waals surface area contributed by atoms with Crippen LogP contribution in [0.2, 0.25) is 0 Å². The Kier molecular flexibility index (Phi) is 13.5. The van der Waals surface area contributed by atoms with E-state index in [4.69, 9.17) is 0 Å². The molecule has 0 aromatic rings. The molecule has 1 aliphatic rings. The third-order valence-corrected chi connectivity index (χ3v) is 0.723. The number of Topliss-reactive ketones (excluding diaryl/α,β-unsaturated/α-hetero) is 1. The maximum Gasteiger partial charge on any atom is 0.175 e. The van der Waals surface area contributed by atoms with E-state index in [0.29, 0.717) is 13.0 Å². The minimum atomic E-state index is 0.162. The standard InChI is InChI=1S/C4H5NO.2C2H6/c6-4-1-2-5-3-4;2*1-2/h3H,1-2H2;2*1-2H3. The molecule has 0 aliphatic carbocycles. The van der Waals surface area contributed by atoms with E-state index >= 15 is 0 Å². The summed E-state index contributed by atoms with van der Waals surface area (Å²) in [5, 5.41) is 0. The van der Waals surface area contributed by atoms with Crippen LogP contribution >= 0.6 is 0 Å². The molecule has 0 saturated carbocycles. The van der Waals surface area contributed by atoms with Crippen LogP contribution in [0.25, 0.3) is 0 Å². The van der Waals surface area contributed by atoms with Gasteiger partial charge in [0.2, 0.25) is 0 Å². The molecule has 10 heavy (non-hydrogen) atoms. The van der Waals surface area contributed by atoms with Gasteiger partial charge in [-0.2, -0.15) is 0 Å². The summed E-state index contributed by atoms with van der Waals surface area (Å²) in [4.78, 5) is 13.8. The third-order valence-electron chi connectivity index (χ3n) is 0.723. The van der Waals surface area contributed by atoms with Crippen molar-refractivity contribution in [2.24, 2.45) is 4.99 Å². The fourth-order valence-corrected chi connectivity index (χ4v) is 0.406. The third kappa shape index (κ3) is 7.34. The summed E-state index contributed by atoms with van der Waals surface area (Å²) >= 11 is 0. The first-order chi connectivity index (χ1) is 4.89. The van der Waals surface area contributed by atoms with Gasteiger partial charge in [-0.15, -0.1) is 0 Å². The summed E-state index contributed by atoms with van der Waals surface area (Å²) in [5.41, 5.74) is 0. The van der Waals surface area contributed by atoms with Gasteiger partial charge in [0.05, 0.1) is 6.21 Å². The van der Waals surface area contributed by atoms with Crippen LogP contribution in [0, 0.1) is 0 Å². The van der Waals surface area contributed by atoms with Crippen molar-refractivity contribution in [3.8, 4) is 0 Å². The second kappa shape index (κ2) is 11.2. The lowest BCUT2D eigenvalue weighted by molar-refractivity contribution is -0.111. The SMILES string of the molecule is CC.CC.O=C1C=NCC1. The maximum absolute atomic E-state index is 10.1. The molecule has 1 rings (SSSR count). The van der Waals surface area contributed by atoms with Crippen LogP contribution in [-0.4, -0.2) is 18.5 Å². The highest BCUT2D eigenvalue weighted by Crippen LogP contribution is 1.88. The van der Waals surface area contributed by atoms with Gasteiger partial charge in [0, 0.05) is 13.0 Å². The smallest absolute Gasteiger partial charge is 0.175 e. The number of ketones is 1. The van der Waals surface area contributed by atoms with Crippen LogP contribution < -0.4 is 0 Å². The predicted molar refractivity (Wildman–Crippen MR) is 45.7 cm³/mol. The van der Waals surface area contributed by atoms with Gasteiger partial charge in [-0.05, 0) is 0 Å². The summed E-state index contributed by atoms with van der Waals surface area (Å²) in [5.74, 6) is 0.162. The molecule has 0 spiro atoms. The number of hydrogen-bond donors (Lipinski definition) is 0. The Bertz CT molecular complexity index is 97.4. The molecule has 0 N–H and O–H groups in total. The molecule has 0 bridgehead atoms. The van der Waals surface area contributed by atoms with E-state index in [9.17, 15) is 4.79 Å². The van der Waals surface area contributed by atoms with E-state index in [1.165, 1.54) is 6.21 Å². The quantitative estimate of drug-likeness (QED) is 0.510. The second-order valence-electron chi connectivity index (χ2n) is 1.25. The topological polar surface area (TPSA) is 29.4 Å². The maximum atomic E-state index is 10.1. The normalized spacial score (nSPS) is 13.0. The first kappa shape index (κ1) is 12.1. The van der Waals surface area contributed by atoms with Crippen LogP contribution in [0.3, 0.4) is 0 Å². The molecule has 0 aromatic carbocycles. The first-order valence-electron chi connectivity index (χ1n) is 3.92. The lowest BCUT2D eigenvalue weighted by atomic mass is 10.4. The van der Waals surface area contributed by atoms with Gasteiger partial charge in [-0.25, -0.2) is 0 Å². The van der Waals surface area contributed by atoms with Crippen molar-refractivity contribution in [3.63, 3.8) is 0 Å². The van der Waals surface area contributed by atoms with Gasteiger partial charge in [-0.1, -0.05) is 27.7 Å². The largest absolute Gasteiger partial charge is 0.293 e. The molecule has 1 heterocycles. The van der Waals surface area contributed by atoms with E-state index in [0.717, 1.165) is 0 Å². The van der Waals surface area contributed by atoms with Crippen LogP contribution in [0.1, 0.15) is 34.1 Å². The van der Waals surface area contributed by atoms with Crippen molar-refractivity contribution in [1.82, 2.24) is 0 Å². The summed E-state index contributed by atoms with van der Waals surface area (Å²) in [6.07, 6.45) is 2.01. The molecular formula is C8H17NO. The van der Waals surface area contributed by atoms with Crippen molar-refractivity contribution in [2.75, 3.05) is 6.54 Å². The van der Waals surface area contributed by atoms with Crippen LogP contribution in [0.4, 0.5) is 0 Å². The predicted octanol–water partition coefficient (Wildman–Crippen LogP) is 2.08. The molecule has 0 fully saturated rings. The summed E-state index contributed by atoms with van der Waals surface area (Å²) < 4.78 is 0. The van der Waals surface area contributed by atoms with Crippen LogP contribution in [0.5, 0.6) is 0 Å². The number of aliphatic imine (C=N–C) groups is 1. The average Bonchev–Trinajstić information content (AvgIpc) is 2.48. The monoisotopic (exact) mass is 143 g/mol. The van der Waals surface area contributed by atoms with Crippen molar-refractivity contribution in [2.45, 2.75) is 34.1 Å². The average molecular weight is 143 g/mol. The highest BCUT2D eigenvalue weighted by atomic mass is 16.1. The van der Waals surface area contributed by atoms with E-state index in [1.807, 2.05) is 27.7 Å². The van der Waals surface area contributed by atoms with E-state index < -0.39 is 0 Å². The van der Waals surface area contributed by atoms with Gasteiger partial charge in [0.1, 0.15) is 0 Å². The fraction of sp³-hybridized carbons (Fsp3) is 0.750. The lowest BCUT2D eigenvalue weighted by Gasteiger charge is -1.68.